The molecule has 0 spiro atoms. The Morgan fingerprint density at radius 1 is 1.35 bits per heavy atom. The van der Waals surface area contributed by atoms with Gasteiger partial charge in [-0.2, -0.15) is 0 Å². The van der Waals surface area contributed by atoms with Crippen LogP contribution in [0.15, 0.2) is 0 Å². The minimum Gasteiger partial charge on any atom is -0.378 e. The van der Waals surface area contributed by atoms with E-state index in [1.807, 2.05) is 0 Å². The number of nitrogens with one attached hydrogen (secondary N) is 1. The summed E-state index contributed by atoms with van der Waals surface area (Å²) in [4.78, 5) is 12.0. The monoisotopic (exact) mass is 306 g/mol. The lowest BCUT2D eigenvalue weighted by Crippen LogP contribution is -2.40. The molecule has 1 amide bonds. The molecule has 4 atom stereocenters. The normalized spacial score (nSPS) is 33.2. The molecule has 0 saturated carbocycles. The predicted octanol–water partition coefficient (Wildman–Crippen LogP) is 1.09. The maximum atomic E-state index is 12.0. The lowest BCUT2D eigenvalue weighted by molar-refractivity contribution is -0.132. The van der Waals surface area contributed by atoms with Gasteiger partial charge in [-0.3, -0.25) is 4.79 Å². The van der Waals surface area contributed by atoms with E-state index in [4.69, 9.17) is 15.2 Å². The van der Waals surface area contributed by atoms with Crippen LogP contribution in [-0.2, 0) is 14.3 Å². The highest BCUT2D eigenvalue weighted by Crippen LogP contribution is 2.26. The van der Waals surface area contributed by atoms with Gasteiger partial charge in [-0.1, -0.05) is 13.8 Å². The minimum absolute atomic E-state index is 0. The zero-order chi connectivity index (χ0) is 13.8. The second-order valence-electron chi connectivity index (χ2n) is 5.93. The van der Waals surface area contributed by atoms with Gasteiger partial charge >= 0.3 is 0 Å². The van der Waals surface area contributed by atoms with E-state index in [0.717, 1.165) is 25.9 Å². The highest BCUT2D eigenvalue weighted by atomic mass is 35.5. The molecule has 2 heterocycles. The molecule has 3 N–H and O–H groups in total. The molecule has 2 fully saturated rings. The smallest absolute Gasteiger partial charge is 0.249 e. The number of hydrogen-bond donors (Lipinski definition) is 2. The van der Waals surface area contributed by atoms with E-state index in [1.165, 1.54) is 0 Å². The summed E-state index contributed by atoms with van der Waals surface area (Å²) in [5.41, 5.74) is 5.55. The summed E-state index contributed by atoms with van der Waals surface area (Å²) in [5.74, 6) is 0.926. The summed E-state index contributed by atoms with van der Waals surface area (Å²) >= 11 is 0. The lowest BCUT2D eigenvalue weighted by atomic mass is 9.93. The zero-order valence-corrected chi connectivity index (χ0v) is 13.2. The molecule has 0 aliphatic carbocycles. The SMILES string of the molecule is CC(C)C1OCCC1CNC(=O)[C@@H]1CC[C@H](CN)O1.Cl. The zero-order valence-electron chi connectivity index (χ0n) is 12.3. The van der Waals surface area contributed by atoms with E-state index < -0.39 is 0 Å². The van der Waals surface area contributed by atoms with E-state index in [-0.39, 0.29) is 36.6 Å². The van der Waals surface area contributed by atoms with Crippen molar-refractivity contribution in [3.05, 3.63) is 0 Å². The van der Waals surface area contributed by atoms with Crippen molar-refractivity contribution in [2.24, 2.45) is 17.6 Å². The topological polar surface area (TPSA) is 73.6 Å². The first-order valence-electron chi connectivity index (χ1n) is 7.36. The van der Waals surface area contributed by atoms with Crippen LogP contribution in [-0.4, -0.2) is 43.9 Å². The Hall–Kier alpha value is -0.360. The maximum Gasteiger partial charge on any atom is 0.249 e. The van der Waals surface area contributed by atoms with Gasteiger partial charge in [0, 0.05) is 25.6 Å². The van der Waals surface area contributed by atoms with E-state index in [0.29, 0.717) is 24.9 Å². The fourth-order valence-corrected chi connectivity index (χ4v) is 3.03. The van der Waals surface area contributed by atoms with Gasteiger partial charge in [-0.25, -0.2) is 0 Å². The number of carbonyl (C=O) groups is 1. The van der Waals surface area contributed by atoms with Crippen LogP contribution < -0.4 is 11.1 Å². The molecular formula is C14H27ClN2O3. The van der Waals surface area contributed by atoms with Crippen LogP contribution in [0.5, 0.6) is 0 Å². The van der Waals surface area contributed by atoms with E-state index >= 15 is 0 Å². The van der Waals surface area contributed by atoms with Crippen molar-refractivity contribution in [1.82, 2.24) is 5.32 Å². The molecule has 2 unspecified atom stereocenters. The van der Waals surface area contributed by atoms with Gasteiger partial charge in [0.05, 0.1) is 12.2 Å². The summed E-state index contributed by atoms with van der Waals surface area (Å²) in [6, 6.07) is 0. The van der Waals surface area contributed by atoms with Crippen molar-refractivity contribution in [2.45, 2.75) is 51.4 Å². The van der Waals surface area contributed by atoms with Gasteiger partial charge in [0.25, 0.3) is 0 Å². The predicted molar refractivity (Wildman–Crippen MR) is 79.9 cm³/mol. The third-order valence-corrected chi connectivity index (χ3v) is 4.12. The summed E-state index contributed by atoms with van der Waals surface area (Å²) in [6.45, 7) is 6.32. The fourth-order valence-electron chi connectivity index (χ4n) is 3.03. The van der Waals surface area contributed by atoms with Crippen LogP contribution in [0, 0.1) is 11.8 Å². The van der Waals surface area contributed by atoms with Crippen molar-refractivity contribution < 1.29 is 14.3 Å². The van der Waals surface area contributed by atoms with Crippen molar-refractivity contribution in [3.63, 3.8) is 0 Å². The van der Waals surface area contributed by atoms with E-state index in [9.17, 15) is 4.79 Å². The van der Waals surface area contributed by atoms with Crippen LogP contribution in [0.2, 0.25) is 0 Å². The Morgan fingerprint density at radius 3 is 2.70 bits per heavy atom. The largest absolute Gasteiger partial charge is 0.378 e. The van der Waals surface area contributed by atoms with Gasteiger partial charge in [-0.15, -0.1) is 12.4 Å². The number of ether oxygens (including phenoxy) is 2. The van der Waals surface area contributed by atoms with Crippen molar-refractivity contribution >= 4 is 18.3 Å². The van der Waals surface area contributed by atoms with Crippen LogP contribution in [0.1, 0.15) is 33.1 Å². The van der Waals surface area contributed by atoms with Gasteiger partial charge in [0.1, 0.15) is 6.10 Å². The van der Waals surface area contributed by atoms with Crippen LogP contribution in [0.4, 0.5) is 0 Å². The number of nitrogens with two attached hydrogens (primary N) is 1. The van der Waals surface area contributed by atoms with Gasteiger partial charge in [0.2, 0.25) is 5.91 Å². The molecule has 2 saturated heterocycles. The minimum atomic E-state index is -0.312. The summed E-state index contributed by atoms with van der Waals surface area (Å²) in [7, 11) is 0. The maximum absolute atomic E-state index is 12.0. The van der Waals surface area contributed by atoms with E-state index in [1.54, 1.807) is 0 Å². The average molecular weight is 307 g/mol. The summed E-state index contributed by atoms with van der Waals surface area (Å²) in [5, 5.41) is 3.01. The number of carbonyl (C=O) groups excluding carboxylic acids is 1. The number of halogens is 1. The fraction of sp³-hybridized carbons (Fsp3) is 0.929. The highest BCUT2D eigenvalue weighted by Gasteiger charge is 2.33. The third kappa shape index (κ3) is 4.32. The lowest BCUT2D eigenvalue weighted by Gasteiger charge is -2.23. The molecule has 20 heavy (non-hydrogen) atoms. The van der Waals surface area contributed by atoms with Gasteiger partial charge in [0.15, 0.2) is 0 Å². The average Bonchev–Trinajstić information content (AvgIpc) is 3.04. The van der Waals surface area contributed by atoms with E-state index in [2.05, 4.69) is 19.2 Å². The van der Waals surface area contributed by atoms with Crippen LogP contribution in [0.3, 0.4) is 0 Å². The molecule has 2 aliphatic rings. The first kappa shape index (κ1) is 17.7. The van der Waals surface area contributed by atoms with Crippen LogP contribution in [0.25, 0.3) is 0 Å². The van der Waals surface area contributed by atoms with Crippen molar-refractivity contribution in [1.29, 1.82) is 0 Å². The second-order valence-corrected chi connectivity index (χ2v) is 5.93. The molecule has 0 aromatic rings. The Balaban J connectivity index is 0.00000200. The van der Waals surface area contributed by atoms with Crippen LogP contribution >= 0.6 is 12.4 Å². The van der Waals surface area contributed by atoms with Crippen molar-refractivity contribution in [2.75, 3.05) is 19.7 Å². The summed E-state index contributed by atoms with van der Waals surface area (Å²) < 4.78 is 11.3. The highest BCUT2D eigenvalue weighted by molar-refractivity contribution is 5.85. The van der Waals surface area contributed by atoms with Gasteiger partial charge < -0.3 is 20.5 Å². The third-order valence-electron chi connectivity index (χ3n) is 4.12. The van der Waals surface area contributed by atoms with Gasteiger partial charge in [-0.05, 0) is 25.2 Å². The molecule has 0 radical (unpaired) electrons. The van der Waals surface area contributed by atoms with Crippen molar-refractivity contribution in [3.8, 4) is 0 Å². The first-order chi connectivity index (χ1) is 9.11. The Kier molecular flexibility index (Phi) is 7.23. The molecule has 6 heteroatoms. The molecule has 0 aromatic carbocycles. The number of hydrogen-bond acceptors (Lipinski definition) is 4. The molecule has 2 aliphatic heterocycles. The Labute approximate surface area is 127 Å². The number of rotatable bonds is 5. The molecule has 5 nitrogen and oxygen atoms in total. The second kappa shape index (κ2) is 8.17. The Morgan fingerprint density at radius 2 is 2.10 bits per heavy atom. The number of amides is 1. The molecule has 2 rings (SSSR count). The molecular weight excluding hydrogens is 280 g/mol. The molecule has 0 aromatic heterocycles. The molecule has 0 bridgehead atoms. The Bertz CT molecular complexity index is 315. The standard InChI is InChI=1S/C14H26N2O3.ClH/c1-9(2)13-10(5-6-18-13)8-16-14(17)12-4-3-11(7-15)19-12;/h9-13H,3-8,15H2,1-2H3,(H,16,17);1H/t10?,11-,12+,13?;/m1./s1. The molecule has 118 valence electrons. The first-order valence-corrected chi connectivity index (χ1v) is 7.36. The summed E-state index contributed by atoms with van der Waals surface area (Å²) in [6.07, 6.45) is 2.70. The quantitative estimate of drug-likeness (QED) is 0.797.